The highest BCUT2D eigenvalue weighted by atomic mass is 14.8. The van der Waals surface area contributed by atoms with Gasteiger partial charge in [0.1, 0.15) is 0 Å². The molecule has 0 fully saturated rings. The molecule has 1 N–H and O–H groups in total. The second kappa shape index (κ2) is 5.11. The Balaban J connectivity index is 1.84. The lowest BCUT2D eigenvalue weighted by Crippen LogP contribution is -2.25. The van der Waals surface area contributed by atoms with Gasteiger partial charge >= 0.3 is 0 Å². The molecular formula is C26H19N. The Hall–Kier alpha value is -3.32. The average Bonchev–Trinajstić information content (AvgIpc) is 3.21. The molecule has 1 heteroatoms. The van der Waals surface area contributed by atoms with Gasteiger partial charge in [0.25, 0.3) is 0 Å². The Morgan fingerprint density at radius 2 is 0.963 bits per heavy atom. The van der Waals surface area contributed by atoms with Crippen LogP contribution in [0.2, 0.25) is 0 Å². The van der Waals surface area contributed by atoms with E-state index in [2.05, 4.69) is 96.3 Å². The van der Waals surface area contributed by atoms with E-state index in [1.54, 1.807) is 0 Å². The largest absolute Gasteiger partial charge is 0.388 e. The van der Waals surface area contributed by atoms with Gasteiger partial charge in [-0.3, -0.25) is 0 Å². The molecule has 0 aliphatic heterocycles. The Morgan fingerprint density at radius 3 is 1.48 bits per heavy atom. The van der Waals surface area contributed by atoms with Crippen LogP contribution in [-0.2, 0) is 5.41 Å². The molecule has 0 aromatic heterocycles. The number of hydrogen-bond acceptors (Lipinski definition) is 1. The smallest absolute Gasteiger partial charge is 0.0725 e. The highest BCUT2D eigenvalue weighted by molar-refractivity contribution is 5.95. The molecular weight excluding hydrogens is 326 g/mol. The van der Waals surface area contributed by atoms with Gasteiger partial charge in [-0.05, 0) is 56.6 Å². The van der Waals surface area contributed by atoms with Crippen LogP contribution < -0.4 is 5.32 Å². The summed E-state index contributed by atoms with van der Waals surface area (Å²) in [5.74, 6) is 0. The Labute approximate surface area is 159 Å². The highest BCUT2D eigenvalue weighted by Crippen LogP contribution is 2.62. The lowest BCUT2D eigenvalue weighted by Gasteiger charge is -2.30. The Bertz CT molecular complexity index is 1170. The topological polar surface area (TPSA) is 12.0 Å². The second-order valence-electron chi connectivity index (χ2n) is 7.40. The number of nitrogens with one attached hydrogen (secondary N) is 1. The van der Waals surface area contributed by atoms with Crippen molar-refractivity contribution >= 4 is 5.69 Å². The molecule has 2 aliphatic rings. The first-order valence-corrected chi connectivity index (χ1v) is 9.47. The third-order valence-corrected chi connectivity index (χ3v) is 6.29. The van der Waals surface area contributed by atoms with Crippen LogP contribution in [0.5, 0.6) is 0 Å². The van der Waals surface area contributed by atoms with Crippen LogP contribution in [0, 0.1) is 0 Å². The molecule has 0 heterocycles. The maximum atomic E-state index is 3.30. The average molecular weight is 345 g/mol. The lowest BCUT2D eigenvalue weighted by atomic mass is 9.70. The number of hydrogen-bond donors (Lipinski definition) is 1. The summed E-state index contributed by atoms with van der Waals surface area (Å²) in [6.07, 6.45) is 0. The van der Waals surface area contributed by atoms with Gasteiger partial charge < -0.3 is 5.32 Å². The van der Waals surface area contributed by atoms with Crippen LogP contribution in [0.15, 0.2) is 91.0 Å². The fourth-order valence-corrected chi connectivity index (χ4v) is 5.26. The molecule has 4 aromatic rings. The summed E-state index contributed by atoms with van der Waals surface area (Å²) in [7, 11) is 1.98. The van der Waals surface area contributed by atoms with Crippen molar-refractivity contribution in [1.29, 1.82) is 0 Å². The summed E-state index contributed by atoms with van der Waals surface area (Å²) in [6, 6.07) is 33.6. The third kappa shape index (κ3) is 1.65. The summed E-state index contributed by atoms with van der Waals surface area (Å²) >= 11 is 0. The summed E-state index contributed by atoms with van der Waals surface area (Å²) in [5, 5.41) is 3.30. The Kier molecular flexibility index (Phi) is 2.80. The molecule has 1 spiro atoms. The van der Waals surface area contributed by atoms with E-state index in [4.69, 9.17) is 0 Å². The van der Waals surface area contributed by atoms with E-state index in [1.165, 1.54) is 44.5 Å². The van der Waals surface area contributed by atoms with Crippen molar-refractivity contribution in [2.75, 3.05) is 12.4 Å². The molecule has 0 atom stereocenters. The van der Waals surface area contributed by atoms with E-state index >= 15 is 0 Å². The van der Waals surface area contributed by atoms with Crippen molar-refractivity contribution in [3.05, 3.63) is 113 Å². The van der Waals surface area contributed by atoms with Crippen LogP contribution in [-0.4, -0.2) is 7.05 Å². The van der Waals surface area contributed by atoms with Crippen LogP contribution >= 0.6 is 0 Å². The van der Waals surface area contributed by atoms with Gasteiger partial charge in [0.2, 0.25) is 0 Å². The minimum absolute atomic E-state index is 0.217. The van der Waals surface area contributed by atoms with E-state index < -0.39 is 0 Å². The summed E-state index contributed by atoms with van der Waals surface area (Å²) in [5.41, 5.74) is 11.9. The number of fused-ring (bicyclic) bond motifs is 10. The first kappa shape index (κ1) is 14.8. The third-order valence-electron chi connectivity index (χ3n) is 6.29. The van der Waals surface area contributed by atoms with Crippen molar-refractivity contribution in [2.24, 2.45) is 0 Å². The highest BCUT2D eigenvalue weighted by Gasteiger charge is 2.51. The van der Waals surface area contributed by atoms with Gasteiger partial charge in [-0.2, -0.15) is 0 Å². The normalized spacial score (nSPS) is 14.4. The molecule has 0 saturated heterocycles. The van der Waals surface area contributed by atoms with Gasteiger partial charge in [-0.1, -0.05) is 78.9 Å². The first-order valence-electron chi connectivity index (χ1n) is 9.47. The molecule has 0 saturated carbocycles. The predicted molar refractivity (Wildman–Crippen MR) is 112 cm³/mol. The molecule has 2 aliphatic carbocycles. The number of benzene rings is 4. The van der Waals surface area contributed by atoms with Crippen molar-refractivity contribution in [3.8, 4) is 22.3 Å². The SMILES string of the molecule is CNc1ccc2c(c1)-c1ccccc1C21c2ccccc2-c2ccccc21. The quantitative estimate of drug-likeness (QED) is 0.381. The van der Waals surface area contributed by atoms with Crippen molar-refractivity contribution in [1.82, 2.24) is 0 Å². The predicted octanol–water partition coefficient (Wildman–Crippen LogP) is 6.07. The fraction of sp³-hybridized carbons (Fsp3) is 0.0769. The summed E-state index contributed by atoms with van der Waals surface area (Å²) in [6.45, 7) is 0. The van der Waals surface area contributed by atoms with Crippen LogP contribution in [0.4, 0.5) is 5.69 Å². The minimum Gasteiger partial charge on any atom is -0.388 e. The maximum absolute atomic E-state index is 3.30. The maximum Gasteiger partial charge on any atom is 0.0725 e. The van der Waals surface area contributed by atoms with E-state index in [0.717, 1.165) is 5.69 Å². The molecule has 128 valence electrons. The van der Waals surface area contributed by atoms with Crippen molar-refractivity contribution in [3.63, 3.8) is 0 Å². The Morgan fingerprint density at radius 1 is 0.519 bits per heavy atom. The molecule has 0 unspecified atom stereocenters. The molecule has 6 rings (SSSR count). The number of anilines is 1. The van der Waals surface area contributed by atoms with Crippen LogP contribution in [0.3, 0.4) is 0 Å². The van der Waals surface area contributed by atoms with Crippen molar-refractivity contribution < 1.29 is 0 Å². The summed E-state index contributed by atoms with van der Waals surface area (Å²) < 4.78 is 0. The molecule has 0 radical (unpaired) electrons. The second-order valence-corrected chi connectivity index (χ2v) is 7.40. The van der Waals surface area contributed by atoms with Crippen LogP contribution in [0.25, 0.3) is 22.3 Å². The van der Waals surface area contributed by atoms with Crippen molar-refractivity contribution in [2.45, 2.75) is 5.41 Å². The van der Waals surface area contributed by atoms with Gasteiger partial charge in [0.15, 0.2) is 0 Å². The van der Waals surface area contributed by atoms with E-state index in [9.17, 15) is 0 Å². The lowest BCUT2D eigenvalue weighted by molar-refractivity contribution is 0.794. The van der Waals surface area contributed by atoms with E-state index in [0.29, 0.717) is 0 Å². The van der Waals surface area contributed by atoms with Crippen LogP contribution in [0.1, 0.15) is 22.3 Å². The van der Waals surface area contributed by atoms with Gasteiger partial charge in [-0.25, -0.2) is 0 Å². The number of rotatable bonds is 1. The van der Waals surface area contributed by atoms with Gasteiger partial charge in [0.05, 0.1) is 5.41 Å². The van der Waals surface area contributed by atoms with E-state index in [1.807, 2.05) is 7.05 Å². The van der Waals surface area contributed by atoms with E-state index in [-0.39, 0.29) is 5.41 Å². The first-order chi connectivity index (χ1) is 13.4. The molecule has 27 heavy (non-hydrogen) atoms. The van der Waals surface area contributed by atoms with Gasteiger partial charge in [0, 0.05) is 12.7 Å². The minimum atomic E-state index is -0.217. The fourth-order valence-electron chi connectivity index (χ4n) is 5.26. The standard InChI is InChI=1S/C26H19N/c1-27-17-14-15-25-21(16-17)20-10-4-7-13-24(20)26(25)22-11-5-2-8-18(22)19-9-3-6-12-23(19)26/h2-16,27H,1H3. The zero-order valence-corrected chi connectivity index (χ0v) is 15.2. The molecule has 1 nitrogen and oxygen atoms in total. The molecule has 0 bridgehead atoms. The monoisotopic (exact) mass is 345 g/mol. The molecule has 0 amide bonds. The van der Waals surface area contributed by atoms with Gasteiger partial charge in [-0.15, -0.1) is 0 Å². The zero-order chi connectivity index (χ0) is 18.0. The molecule has 4 aromatic carbocycles. The summed E-state index contributed by atoms with van der Waals surface area (Å²) in [4.78, 5) is 0. The zero-order valence-electron chi connectivity index (χ0n) is 15.2.